The molecule has 0 N–H and O–H groups in total. The first-order chi connectivity index (χ1) is 36.2. The van der Waals surface area contributed by atoms with Gasteiger partial charge in [-0.2, -0.15) is 5.10 Å². The number of nitrogens with zero attached hydrogens (tertiary/aromatic N) is 3. The number of rotatable bonds is 9. The van der Waals surface area contributed by atoms with Crippen molar-refractivity contribution in [3.63, 3.8) is 0 Å². The van der Waals surface area contributed by atoms with Gasteiger partial charge in [0.1, 0.15) is 5.69 Å². The molecule has 0 saturated heterocycles. The summed E-state index contributed by atoms with van der Waals surface area (Å²) in [5.41, 5.74) is 25.9. The number of hydrogen-bond acceptors (Lipinski definition) is 2. The molecular formula is C70H51N3. The maximum Gasteiger partial charge on any atom is 0.101 e. The zero-order valence-electron chi connectivity index (χ0n) is 40.9. The summed E-state index contributed by atoms with van der Waals surface area (Å²) < 4.78 is 2.21. The molecule has 12 aromatic rings. The van der Waals surface area contributed by atoms with Crippen molar-refractivity contribution in [1.82, 2.24) is 9.61 Å². The first-order valence-corrected chi connectivity index (χ1v) is 25.8. The number of benzene rings is 10. The first-order valence-electron chi connectivity index (χ1n) is 25.8. The number of hydrogen-bond donors (Lipinski definition) is 0. The Bertz CT molecular complexity index is 4070. The van der Waals surface area contributed by atoms with Crippen LogP contribution in [0.2, 0.25) is 0 Å². The number of aromatic nitrogens is 2. The zero-order chi connectivity index (χ0) is 48.6. The summed E-state index contributed by atoms with van der Waals surface area (Å²) in [7, 11) is 0. The second-order valence-electron chi connectivity index (χ2n) is 19.4. The van der Waals surface area contributed by atoms with Crippen LogP contribution in [0.4, 0.5) is 17.1 Å². The van der Waals surface area contributed by atoms with Crippen molar-refractivity contribution in [2.45, 2.75) is 32.1 Å². The molecule has 10 aromatic carbocycles. The minimum absolute atomic E-state index is 0.509. The highest BCUT2D eigenvalue weighted by molar-refractivity contribution is 6.15. The molecule has 346 valence electrons. The lowest BCUT2D eigenvalue weighted by Gasteiger charge is -2.33. The van der Waals surface area contributed by atoms with Crippen molar-refractivity contribution in [1.29, 1.82) is 0 Å². The minimum Gasteiger partial charge on any atom is -0.309 e. The Labute approximate surface area is 427 Å². The third kappa shape index (κ3) is 6.28. The first kappa shape index (κ1) is 42.8. The maximum atomic E-state index is 5.62. The molecule has 3 heteroatoms. The third-order valence-electron chi connectivity index (χ3n) is 15.8. The third-order valence-corrected chi connectivity index (χ3v) is 15.8. The van der Waals surface area contributed by atoms with Gasteiger partial charge in [-0.3, -0.25) is 0 Å². The fourth-order valence-electron chi connectivity index (χ4n) is 12.8. The van der Waals surface area contributed by atoms with Crippen LogP contribution in [0.1, 0.15) is 47.2 Å². The maximum absolute atomic E-state index is 5.62. The Kier molecular flexibility index (Phi) is 10.0. The van der Waals surface area contributed by atoms with Gasteiger partial charge in [0.05, 0.1) is 33.7 Å². The molecule has 0 saturated carbocycles. The largest absolute Gasteiger partial charge is 0.309 e. The molecule has 0 atom stereocenters. The van der Waals surface area contributed by atoms with Crippen molar-refractivity contribution in [2.24, 2.45) is 0 Å². The molecule has 2 aliphatic rings. The van der Waals surface area contributed by atoms with Gasteiger partial charge in [0, 0.05) is 38.6 Å². The van der Waals surface area contributed by atoms with Crippen LogP contribution in [0.15, 0.2) is 249 Å². The molecule has 0 bridgehead atoms. The highest BCUT2D eigenvalue weighted by Gasteiger charge is 2.52. The van der Waals surface area contributed by atoms with Crippen molar-refractivity contribution >= 4 is 33.4 Å². The highest BCUT2D eigenvalue weighted by atomic mass is 15.2. The molecule has 2 heterocycles. The fourth-order valence-corrected chi connectivity index (χ4v) is 12.8. The molecule has 0 unspecified atom stereocenters. The van der Waals surface area contributed by atoms with E-state index in [9.17, 15) is 0 Å². The average molecular weight is 934 g/mol. The second-order valence-corrected chi connectivity index (χ2v) is 19.4. The van der Waals surface area contributed by atoms with Crippen LogP contribution in [-0.2, 0) is 18.3 Å². The van der Waals surface area contributed by atoms with Crippen LogP contribution in [0, 0.1) is 0 Å². The monoisotopic (exact) mass is 933 g/mol. The number of anilines is 3. The van der Waals surface area contributed by atoms with Gasteiger partial charge < -0.3 is 4.90 Å². The predicted octanol–water partition coefficient (Wildman–Crippen LogP) is 18.1. The van der Waals surface area contributed by atoms with Gasteiger partial charge in [0.15, 0.2) is 0 Å². The van der Waals surface area contributed by atoms with Crippen LogP contribution in [-0.4, -0.2) is 9.61 Å². The Morgan fingerprint density at radius 3 is 1.51 bits per heavy atom. The number of aryl methyl sites for hydroxylation is 2. The Morgan fingerprint density at radius 2 is 0.849 bits per heavy atom. The van der Waals surface area contributed by atoms with Crippen LogP contribution < -0.4 is 4.90 Å². The van der Waals surface area contributed by atoms with E-state index in [2.05, 4.69) is 272 Å². The highest BCUT2D eigenvalue weighted by Crippen LogP contribution is 2.65. The second kappa shape index (κ2) is 17.1. The summed E-state index contributed by atoms with van der Waals surface area (Å²) >= 11 is 0. The molecule has 0 amide bonds. The topological polar surface area (TPSA) is 20.5 Å². The molecular weight excluding hydrogens is 883 g/mol. The SMILES string of the molecule is CCc1ccccc1-c1c(CC)cccc1N(c1cccc2c1-c1ccccc1C21c2ccccc2-c2ccccc21)c1cccc2c1cc(-c1ccccc1)n1nc(-c3ccccc3)c(-c3ccccc3)c21. The predicted molar refractivity (Wildman–Crippen MR) is 304 cm³/mol. The average Bonchev–Trinajstić information content (AvgIpc) is 4.16. The van der Waals surface area contributed by atoms with Gasteiger partial charge in [-0.1, -0.05) is 238 Å². The lowest BCUT2D eigenvalue weighted by Crippen LogP contribution is -2.26. The summed E-state index contributed by atoms with van der Waals surface area (Å²) in [5.74, 6) is 0. The van der Waals surface area contributed by atoms with E-state index < -0.39 is 5.41 Å². The molecule has 0 aliphatic heterocycles. The van der Waals surface area contributed by atoms with Gasteiger partial charge in [-0.05, 0) is 98.3 Å². The Hall–Kier alpha value is -9.05. The molecule has 2 aromatic heterocycles. The van der Waals surface area contributed by atoms with Crippen molar-refractivity contribution in [3.8, 4) is 67.0 Å². The lowest BCUT2D eigenvalue weighted by molar-refractivity contribution is 0.794. The van der Waals surface area contributed by atoms with Crippen LogP contribution in [0.5, 0.6) is 0 Å². The fraction of sp³-hybridized carbons (Fsp3) is 0.0714. The van der Waals surface area contributed by atoms with Crippen LogP contribution >= 0.6 is 0 Å². The number of fused-ring (bicyclic) bond motifs is 13. The lowest BCUT2D eigenvalue weighted by atomic mass is 9.70. The molecule has 14 rings (SSSR count). The summed E-state index contributed by atoms with van der Waals surface area (Å²) in [6, 6.07) is 92.2. The standard InChI is InChI=1S/C70H51N3/c1-3-46-25-14-15-33-51(46)65-47(4-2)32-22-43-62(65)72(63-44-24-41-60-67(63)55-36-18-21-40-59(55)70(60)57-38-19-16-34-52(57)53-35-17-20-39-58(53)70)61-42-23-37-54-56(61)45-64(48-26-8-5-9-27-48)73-69(54)66(49-28-10-6-11-29-49)68(71-73)50-30-12-7-13-31-50/h5-45H,3-4H2,1-2H3. The minimum atomic E-state index is -0.509. The van der Waals surface area contributed by atoms with E-state index >= 15 is 0 Å². The van der Waals surface area contributed by atoms with Gasteiger partial charge in [-0.25, -0.2) is 4.52 Å². The van der Waals surface area contributed by atoms with Gasteiger partial charge in [-0.15, -0.1) is 0 Å². The molecule has 0 radical (unpaired) electrons. The van der Waals surface area contributed by atoms with Crippen molar-refractivity contribution in [2.75, 3.05) is 4.90 Å². The Balaban J connectivity index is 1.16. The molecule has 73 heavy (non-hydrogen) atoms. The summed E-state index contributed by atoms with van der Waals surface area (Å²) in [6.45, 7) is 4.58. The van der Waals surface area contributed by atoms with E-state index in [1.807, 2.05) is 0 Å². The van der Waals surface area contributed by atoms with Crippen molar-refractivity contribution < 1.29 is 0 Å². The molecule has 3 nitrogen and oxygen atoms in total. The van der Waals surface area contributed by atoms with E-state index in [-0.39, 0.29) is 0 Å². The van der Waals surface area contributed by atoms with Gasteiger partial charge in [0.25, 0.3) is 0 Å². The van der Waals surface area contributed by atoms with Crippen LogP contribution in [0.25, 0.3) is 83.3 Å². The Morgan fingerprint density at radius 1 is 0.370 bits per heavy atom. The van der Waals surface area contributed by atoms with Crippen LogP contribution in [0.3, 0.4) is 0 Å². The molecule has 2 aliphatic carbocycles. The van der Waals surface area contributed by atoms with E-state index in [0.717, 1.165) is 79.8 Å². The quantitative estimate of drug-likeness (QED) is 0.144. The summed E-state index contributed by atoms with van der Waals surface area (Å²) in [6.07, 6.45) is 1.80. The van der Waals surface area contributed by atoms with E-state index in [4.69, 9.17) is 5.10 Å². The smallest absolute Gasteiger partial charge is 0.101 e. The van der Waals surface area contributed by atoms with E-state index in [1.165, 1.54) is 66.8 Å². The van der Waals surface area contributed by atoms with E-state index in [0.29, 0.717) is 0 Å². The summed E-state index contributed by atoms with van der Waals surface area (Å²) in [5, 5.41) is 7.89. The zero-order valence-corrected chi connectivity index (χ0v) is 40.9. The van der Waals surface area contributed by atoms with Crippen molar-refractivity contribution in [3.05, 3.63) is 282 Å². The molecule has 1 spiro atoms. The van der Waals surface area contributed by atoms with Gasteiger partial charge in [0.2, 0.25) is 0 Å². The normalized spacial score (nSPS) is 12.7. The van der Waals surface area contributed by atoms with E-state index in [1.54, 1.807) is 0 Å². The molecule has 0 fully saturated rings. The number of pyridine rings is 1. The van der Waals surface area contributed by atoms with Gasteiger partial charge >= 0.3 is 0 Å². The summed E-state index contributed by atoms with van der Waals surface area (Å²) in [4.78, 5) is 2.63.